The SMILES string of the molecule is CC1(C)Oc2cc(I)c(I)cc2O1. The smallest absolute Gasteiger partial charge is 0.246 e. The maximum absolute atomic E-state index is 5.60. The molecule has 13 heavy (non-hydrogen) atoms. The number of rotatable bonds is 0. The zero-order chi connectivity index (χ0) is 9.64. The summed E-state index contributed by atoms with van der Waals surface area (Å²) < 4.78 is 13.6. The molecule has 0 spiro atoms. The van der Waals surface area contributed by atoms with Gasteiger partial charge < -0.3 is 9.47 Å². The summed E-state index contributed by atoms with van der Waals surface area (Å²) in [5.41, 5.74) is 0. The van der Waals surface area contributed by atoms with Crippen molar-refractivity contribution in [2.24, 2.45) is 0 Å². The van der Waals surface area contributed by atoms with E-state index in [0.29, 0.717) is 0 Å². The van der Waals surface area contributed by atoms with Gasteiger partial charge in [-0.3, -0.25) is 0 Å². The summed E-state index contributed by atoms with van der Waals surface area (Å²) >= 11 is 4.57. The summed E-state index contributed by atoms with van der Waals surface area (Å²) in [7, 11) is 0. The van der Waals surface area contributed by atoms with Gasteiger partial charge in [-0.05, 0) is 57.3 Å². The molecule has 0 saturated carbocycles. The van der Waals surface area contributed by atoms with Crippen LogP contribution in [0.15, 0.2) is 12.1 Å². The van der Waals surface area contributed by atoms with Gasteiger partial charge in [0, 0.05) is 21.0 Å². The fourth-order valence-corrected chi connectivity index (χ4v) is 2.10. The van der Waals surface area contributed by atoms with Crippen LogP contribution in [-0.4, -0.2) is 5.79 Å². The first-order chi connectivity index (χ1) is 5.98. The maximum Gasteiger partial charge on any atom is 0.246 e. The Morgan fingerprint density at radius 1 is 1.00 bits per heavy atom. The molecule has 0 aromatic heterocycles. The lowest BCUT2D eigenvalue weighted by Crippen LogP contribution is -2.29. The van der Waals surface area contributed by atoms with Crippen LogP contribution in [0.2, 0.25) is 0 Å². The molecule has 1 aromatic rings. The monoisotopic (exact) mass is 402 g/mol. The number of ether oxygens (including phenoxy) is 2. The first kappa shape index (κ1) is 9.82. The van der Waals surface area contributed by atoms with Crippen LogP contribution in [0.4, 0.5) is 0 Å². The van der Waals surface area contributed by atoms with Gasteiger partial charge in [0.15, 0.2) is 11.5 Å². The molecule has 1 aliphatic rings. The number of fused-ring (bicyclic) bond motifs is 1. The van der Waals surface area contributed by atoms with Crippen molar-refractivity contribution in [2.45, 2.75) is 19.6 Å². The molecule has 0 radical (unpaired) electrons. The van der Waals surface area contributed by atoms with E-state index in [0.717, 1.165) is 11.5 Å². The first-order valence-corrected chi connectivity index (χ1v) is 6.01. The average molecular weight is 402 g/mol. The summed E-state index contributed by atoms with van der Waals surface area (Å²) in [5.74, 6) is 1.17. The molecule has 1 aliphatic heterocycles. The van der Waals surface area contributed by atoms with E-state index in [9.17, 15) is 0 Å². The molecule has 1 aromatic carbocycles. The van der Waals surface area contributed by atoms with Gasteiger partial charge in [-0.2, -0.15) is 0 Å². The minimum absolute atomic E-state index is 0.518. The minimum Gasteiger partial charge on any atom is -0.449 e. The third-order valence-corrected chi connectivity index (χ3v) is 4.52. The number of hydrogen-bond donors (Lipinski definition) is 0. The molecule has 2 nitrogen and oxygen atoms in total. The summed E-state index contributed by atoms with van der Waals surface area (Å²) in [6, 6.07) is 4.01. The van der Waals surface area contributed by atoms with E-state index >= 15 is 0 Å². The highest BCUT2D eigenvalue weighted by Crippen LogP contribution is 2.41. The van der Waals surface area contributed by atoms with Crippen LogP contribution in [0.5, 0.6) is 11.5 Å². The van der Waals surface area contributed by atoms with Crippen LogP contribution in [0.3, 0.4) is 0 Å². The molecule has 0 atom stereocenters. The van der Waals surface area contributed by atoms with Crippen molar-refractivity contribution >= 4 is 45.2 Å². The van der Waals surface area contributed by atoms with Crippen LogP contribution in [-0.2, 0) is 0 Å². The number of halogens is 2. The molecular weight excluding hydrogens is 394 g/mol. The average Bonchev–Trinajstić information content (AvgIpc) is 2.24. The van der Waals surface area contributed by atoms with Crippen molar-refractivity contribution in [1.29, 1.82) is 0 Å². The van der Waals surface area contributed by atoms with Gasteiger partial charge in [-0.15, -0.1) is 0 Å². The van der Waals surface area contributed by atoms with Crippen molar-refractivity contribution in [1.82, 2.24) is 0 Å². The van der Waals surface area contributed by atoms with E-state index < -0.39 is 5.79 Å². The Labute approximate surface area is 104 Å². The number of hydrogen-bond acceptors (Lipinski definition) is 2. The van der Waals surface area contributed by atoms with Gasteiger partial charge in [-0.1, -0.05) is 0 Å². The molecular formula is C9H8I2O2. The lowest BCUT2D eigenvalue weighted by molar-refractivity contribution is -0.0431. The van der Waals surface area contributed by atoms with E-state index in [-0.39, 0.29) is 0 Å². The van der Waals surface area contributed by atoms with Crippen LogP contribution >= 0.6 is 45.2 Å². The molecule has 2 rings (SSSR count). The highest BCUT2D eigenvalue weighted by Gasteiger charge is 2.32. The predicted octanol–water partition coefficient (Wildman–Crippen LogP) is 3.40. The summed E-state index contributed by atoms with van der Waals surface area (Å²) in [6.07, 6.45) is 0. The zero-order valence-electron chi connectivity index (χ0n) is 7.23. The fourth-order valence-electron chi connectivity index (χ4n) is 1.22. The fraction of sp³-hybridized carbons (Fsp3) is 0.333. The summed E-state index contributed by atoms with van der Waals surface area (Å²) in [6.45, 7) is 3.82. The van der Waals surface area contributed by atoms with Crippen molar-refractivity contribution in [3.8, 4) is 11.5 Å². The summed E-state index contributed by atoms with van der Waals surface area (Å²) in [4.78, 5) is 0. The van der Waals surface area contributed by atoms with Gasteiger partial charge in [-0.25, -0.2) is 0 Å². The maximum atomic E-state index is 5.60. The van der Waals surface area contributed by atoms with Crippen molar-refractivity contribution in [3.05, 3.63) is 19.3 Å². The quantitative estimate of drug-likeness (QED) is 0.620. The lowest BCUT2D eigenvalue weighted by atomic mass is 10.3. The largest absolute Gasteiger partial charge is 0.449 e. The Morgan fingerprint density at radius 2 is 1.38 bits per heavy atom. The van der Waals surface area contributed by atoms with Gasteiger partial charge in [0.1, 0.15) is 0 Å². The van der Waals surface area contributed by atoms with Crippen molar-refractivity contribution in [2.75, 3.05) is 0 Å². The molecule has 0 aliphatic carbocycles. The second-order valence-corrected chi connectivity index (χ2v) is 5.64. The molecule has 70 valence electrons. The third kappa shape index (κ3) is 1.88. The molecule has 0 saturated heterocycles. The van der Waals surface area contributed by atoms with Gasteiger partial charge >= 0.3 is 0 Å². The van der Waals surface area contributed by atoms with Crippen LogP contribution in [0.1, 0.15) is 13.8 Å². The molecule has 0 unspecified atom stereocenters. The van der Waals surface area contributed by atoms with Crippen molar-refractivity contribution in [3.63, 3.8) is 0 Å². The highest BCUT2D eigenvalue weighted by molar-refractivity contribution is 14.1. The van der Waals surface area contributed by atoms with E-state index in [1.165, 1.54) is 7.14 Å². The molecule has 0 amide bonds. The second-order valence-electron chi connectivity index (χ2n) is 3.32. The van der Waals surface area contributed by atoms with Crippen LogP contribution in [0, 0.1) is 7.14 Å². The Hall–Kier alpha value is 0.280. The second kappa shape index (κ2) is 3.15. The topological polar surface area (TPSA) is 18.5 Å². The normalized spacial score (nSPS) is 17.5. The van der Waals surface area contributed by atoms with Gasteiger partial charge in [0.25, 0.3) is 0 Å². The standard InChI is InChI=1S/C9H8I2O2/c1-9(2)12-7-3-5(10)6(11)4-8(7)13-9/h3-4H,1-2H3. The Balaban J connectivity index is 2.48. The Bertz CT molecular complexity index is 328. The Kier molecular flexibility index (Phi) is 2.38. The van der Waals surface area contributed by atoms with E-state index in [2.05, 4.69) is 45.2 Å². The van der Waals surface area contributed by atoms with Gasteiger partial charge in [0.05, 0.1) is 0 Å². The van der Waals surface area contributed by atoms with Crippen molar-refractivity contribution < 1.29 is 9.47 Å². The number of benzene rings is 1. The molecule has 1 heterocycles. The lowest BCUT2D eigenvalue weighted by Gasteiger charge is -2.16. The van der Waals surface area contributed by atoms with E-state index in [1.54, 1.807) is 0 Å². The minimum atomic E-state index is -0.518. The zero-order valence-corrected chi connectivity index (χ0v) is 11.5. The van der Waals surface area contributed by atoms with E-state index in [1.807, 2.05) is 26.0 Å². The molecule has 4 heteroatoms. The predicted molar refractivity (Wildman–Crippen MR) is 67.2 cm³/mol. The molecule has 0 fully saturated rings. The van der Waals surface area contributed by atoms with E-state index in [4.69, 9.17) is 9.47 Å². The molecule has 0 N–H and O–H groups in total. The van der Waals surface area contributed by atoms with Gasteiger partial charge in [0.2, 0.25) is 5.79 Å². The third-order valence-electron chi connectivity index (χ3n) is 1.70. The van der Waals surface area contributed by atoms with Crippen LogP contribution in [0.25, 0.3) is 0 Å². The molecule has 0 bridgehead atoms. The first-order valence-electron chi connectivity index (χ1n) is 3.85. The van der Waals surface area contributed by atoms with Crippen LogP contribution < -0.4 is 9.47 Å². The summed E-state index contributed by atoms with van der Waals surface area (Å²) in [5, 5.41) is 0. The highest BCUT2D eigenvalue weighted by atomic mass is 127. The Morgan fingerprint density at radius 3 is 1.77 bits per heavy atom.